The van der Waals surface area contributed by atoms with E-state index >= 15 is 0 Å². The summed E-state index contributed by atoms with van der Waals surface area (Å²) < 4.78 is 11.8. The normalized spacial score (nSPS) is 22.5. The molecule has 124 valence electrons. The van der Waals surface area contributed by atoms with Gasteiger partial charge in [-0.3, -0.25) is 4.79 Å². The molecular weight excluding hydrogens is 296 g/mol. The molecule has 0 atom stereocenters. The zero-order valence-electron chi connectivity index (χ0n) is 13.5. The predicted molar refractivity (Wildman–Crippen MR) is 85.4 cm³/mol. The second-order valence-electron chi connectivity index (χ2n) is 6.68. The van der Waals surface area contributed by atoms with Crippen LogP contribution in [0.3, 0.4) is 0 Å². The van der Waals surface area contributed by atoms with E-state index in [1.807, 2.05) is 0 Å². The quantitative estimate of drug-likeness (QED) is 0.639. The van der Waals surface area contributed by atoms with Gasteiger partial charge in [0.1, 0.15) is 28.4 Å². The van der Waals surface area contributed by atoms with Crippen molar-refractivity contribution in [2.75, 3.05) is 0 Å². The Hall–Kier alpha value is -2.17. The summed E-state index contributed by atoms with van der Waals surface area (Å²) in [6.45, 7) is 3.39. The molecule has 1 aliphatic carbocycles. The second kappa shape index (κ2) is 5.80. The first kappa shape index (κ1) is 15.7. The third kappa shape index (κ3) is 2.87. The monoisotopic (exact) mass is 318 g/mol. The molecule has 0 spiro atoms. The summed E-state index contributed by atoms with van der Waals surface area (Å²) in [5, 5.41) is 19.5. The highest BCUT2D eigenvalue weighted by Crippen LogP contribution is 2.43. The average molecular weight is 318 g/mol. The summed E-state index contributed by atoms with van der Waals surface area (Å²) in [5.41, 5.74) is -0.781. The van der Waals surface area contributed by atoms with Crippen molar-refractivity contribution in [1.82, 2.24) is 0 Å². The van der Waals surface area contributed by atoms with Gasteiger partial charge < -0.3 is 19.7 Å². The molecule has 1 aromatic rings. The number of phenolic OH excluding ortho intramolecular Hbond substituents is 1. The summed E-state index contributed by atoms with van der Waals surface area (Å²) in [6.07, 6.45) is 6.42. The zero-order chi connectivity index (χ0) is 16.6. The Labute approximate surface area is 135 Å². The molecule has 1 heterocycles. The molecule has 0 unspecified atom stereocenters. The van der Waals surface area contributed by atoms with Gasteiger partial charge in [-0.15, -0.1) is 0 Å². The number of hydrogen-bond donors (Lipinski definition) is 2. The summed E-state index contributed by atoms with van der Waals surface area (Å²) in [4.78, 5) is 12.5. The molecule has 0 saturated heterocycles. The van der Waals surface area contributed by atoms with Crippen LogP contribution in [0.25, 0.3) is 0 Å². The summed E-state index contributed by atoms with van der Waals surface area (Å²) in [7, 11) is 0. The van der Waals surface area contributed by atoms with Gasteiger partial charge >= 0.3 is 0 Å². The lowest BCUT2D eigenvalue weighted by atomic mass is 9.87. The Morgan fingerprint density at radius 3 is 2.61 bits per heavy atom. The lowest BCUT2D eigenvalue weighted by Crippen LogP contribution is -2.39. The van der Waals surface area contributed by atoms with Gasteiger partial charge in [-0.2, -0.15) is 0 Å². The van der Waals surface area contributed by atoms with Crippen molar-refractivity contribution < 1.29 is 24.5 Å². The molecule has 2 N–H and O–H groups in total. The minimum atomic E-state index is -0.964. The fraction of sp³-hybridized carbons (Fsp3) is 0.500. The topological polar surface area (TPSA) is 76.0 Å². The van der Waals surface area contributed by atoms with Gasteiger partial charge in [0.05, 0.1) is 17.9 Å². The average Bonchev–Trinajstić information content (AvgIpc) is 2.46. The van der Waals surface area contributed by atoms with E-state index in [4.69, 9.17) is 9.47 Å². The zero-order valence-corrected chi connectivity index (χ0v) is 13.5. The van der Waals surface area contributed by atoms with Crippen LogP contribution in [0.15, 0.2) is 24.0 Å². The third-order valence-electron chi connectivity index (χ3n) is 4.52. The Bertz CT molecular complexity index is 654. The molecule has 1 fully saturated rings. The predicted octanol–water partition coefficient (Wildman–Crippen LogP) is 3.90. The minimum Gasteiger partial charge on any atom is -0.515 e. The van der Waals surface area contributed by atoms with E-state index < -0.39 is 11.4 Å². The van der Waals surface area contributed by atoms with Crippen molar-refractivity contribution in [2.24, 2.45) is 0 Å². The Morgan fingerprint density at radius 2 is 1.96 bits per heavy atom. The van der Waals surface area contributed by atoms with E-state index in [1.54, 1.807) is 19.9 Å². The van der Waals surface area contributed by atoms with Crippen molar-refractivity contribution in [2.45, 2.75) is 57.7 Å². The molecule has 3 rings (SSSR count). The Balaban J connectivity index is 1.94. The maximum atomic E-state index is 12.5. The SMILES string of the molecule is CC1(C)Oc2cc(OC3CCCCC3)cc(O)c2C(=O)/C1=C/O. The Morgan fingerprint density at radius 1 is 1.26 bits per heavy atom. The number of aliphatic hydroxyl groups is 1. The van der Waals surface area contributed by atoms with Gasteiger partial charge in [0, 0.05) is 12.1 Å². The van der Waals surface area contributed by atoms with Crippen LogP contribution in [-0.2, 0) is 0 Å². The molecule has 23 heavy (non-hydrogen) atoms. The molecular formula is C18H22O5. The van der Waals surface area contributed by atoms with Crippen molar-refractivity contribution in [3.05, 3.63) is 29.5 Å². The number of carbonyl (C=O) groups excluding carboxylic acids is 1. The van der Waals surface area contributed by atoms with Crippen molar-refractivity contribution in [3.8, 4) is 17.2 Å². The van der Waals surface area contributed by atoms with E-state index in [1.165, 1.54) is 12.5 Å². The van der Waals surface area contributed by atoms with Crippen LogP contribution in [0, 0.1) is 0 Å². The number of ketones is 1. The van der Waals surface area contributed by atoms with Gasteiger partial charge in [-0.1, -0.05) is 6.42 Å². The van der Waals surface area contributed by atoms with E-state index in [0.717, 1.165) is 31.9 Å². The largest absolute Gasteiger partial charge is 0.515 e. The number of carbonyl (C=O) groups is 1. The molecule has 1 aromatic carbocycles. The van der Waals surface area contributed by atoms with Crippen molar-refractivity contribution >= 4 is 5.78 Å². The number of rotatable bonds is 2. The van der Waals surface area contributed by atoms with E-state index in [2.05, 4.69) is 0 Å². The highest BCUT2D eigenvalue weighted by molar-refractivity contribution is 6.14. The standard InChI is InChI=1S/C18H22O5/c1-18(2)13(10-19)17(21)16-14(20)8-12(9-15(16)23-18)22-11-6-4-3-5-7-11/h8-11,19-20H,3-7H2,1-2H3/b13-10-. The lowest BCUT2D eigenvalue weighted by molar-refractivity contribution is 0.0834. The first-order valence-electron chi connectivity index (χ1n) is 8.04. The summed E-state index contributed by atoms with van der Waals surface area (Å²) in [6, 6.07) is 3.10. The first-order valence-corrected chi connectivity index (χ1v) is 8.04. The van der Waals surface area contributed by atoms with E-state index in [0.29, 0.717) is 5.75 Å². The fourth-order valence-electron chi connectivity index (χ4n) is 3.28. The molecule has 0 radical (unpaired) electrons. The van der Waals surface area contributed by atoms with Crippen molar-refractivity contribution in [1.29, 1.82) is 0 Å². The highest BCUT2D eigenvalue weighted by Gasteiger charge is 2.40. The van der Waals surface area contributed by atoms with Gasteiger partial charge in [0.2, 0.25) is 5.78 Å². The smallest absolute Gasteiger partial charge is 0.203 e. The minimum absolute atomic E-state index is 0.0700. The number of ether oxygens (including phenoxy) is 2. The number of aromatic hydroxyl groups is 1. The number of phenols is 1. The van der Waals surface area contributed by atoms with Crippen LogP contribution in [-0.4, -0.2) is 27.7 Å². The van der Waals surface area contributed by atoms with Gasteiger partial charge in [-0.05, 0) is 39.5 Å². The molecule has 0 amide bonds. The second-order valence-corrected chi connectivity index (χ2v) is 6.68. The molecule has 5 heteroatoms. The maximum absolute atomic E-state index is 12.5. The van der Waals surface area contributed by atoms with Crippen LogP contribution < -0.4 is 9.47 Å². The number of hydrogen-bond acceptors (Lipinski definition) is 5. The molecule has 1 aliphatic heterocycles. The maximum Gasteiger partial charge on any atom is 0.203 e. The highest BCUT2D eigenvalue weighted by atomic mass is 16.5. The van der Waals surface area contributed by atoms with Crippen LogP contribution >= 0.6 is 0 Å². The number of benzene rings is 1. The third-order valence-corrected chi connectivity index (χ3v) is 4.52. The molecule has 0 aromatic heterocycles. The van der Waals surface area contributed by atoms with E-state index in [9.17, 15) is 15.0 Å². The van der Waals surface area contributed by atoms with Gasteiger partial charge in [0.25, 0.3) is 0 Å². The van der Waals surface area contributed by atoms with E-state index in [-0.39, 0.29) is 28.7 Å². The van der Waals surface area contributed by atoms with Crippen LogP contribution in [0.1, 0.15) is 56.3 Å². The summed E-state index contributed by atoms with van der Waals surface area (Å²) >= 11 is 0. The lowest BCUT2D eigenvalue weighted by Gasteiger charge is -2.34. The number of fused-ring (bicyclic) bond motifs is 1. The fourth-order valence-corrected chi connectivity index (χ4v) is 3.28. The number of aliphatic hydroxyl groups excluding tert-OH is 1. The van der Waals surface area contributed by atoms with Crippen molar-refractivity contribution in [3.63, 3.8) is 0 Å². The van der Waals surface area contributed by atoms with Crippen LogP contribution in [0.5, 0.6) is 17.2 Å². The summed E-state index contributed by atoms with van der Waals surface area (Å²) in [5.74, 6) is 0.179. The molecule has 0 bridgehead atoms. The van der Waals surface area contributed by atoms with Gasteiger partial charge in [-0.25, -0.2) is 0 Å². The first-order chi connectivity index (χ1) is 10.9. The Kier molecular flexibility index (Phi) is 3.96. The molecule has 5 nitrogen and oxygen atoms in total. The van der Waals surface area contributed by atoms with Crippen LogP contribution in [0.4, 0.5) is 0 Å². The number of Topliss-reactive ketones (excluding diaryl/α,β-unsaturated/α-hetero) is 1. The van der Waals surface area contributed by atoms with Crippen LogP contribution in [0.2, 0.25) is 0 Å². The molecule has 2 aliphatic rings. The van der Waals surface area contributed by atoms with Gasteiger partial charge in [0.15, 0.2) is 0 Å². The molecule has 1 saturated carbocycles.